The molecule has 1 saturated heterocycles. The lowest BCUT2D eigenvalue weighted by molar-refractivity contribution is 0.0951. The summed E-state index contributed by atoms with van der Waals surface area (Å²) in [5.41, 5.74) is 0.580. The quantitative estimate of drug-likeness (QED) is 0.800. The van der Waals surface area contributed by atoms with Gasteiger partial charge in [0.15, 0.2) is 0 Å². The molecule has 1 aromatic carbocycles. The molecule has 136 valence electrons. The number of ether oxygens (including phenoxy) is 1. The average Bonchev–Trinajstić information content (AvgIpc) is 3.09. The Morgan fingerprint density at radius 2 is 2.20 bits per heavy atom. The first-order valence-corrected chi connectivity index (χ1v) is 7.84. The van der Waals surface area contributed by atoms with Gasteiger partial charge >= 0.3 is 0 Å². The first-order chi connectivity index (χ1) is 11.3. The fourth-order valence-electron chi connectivity index (χ4n) is 2.61. The van der Waals surface area contributed by atoms with Gasteiger partial charge in [0.2, 0.25) is 5.88 Å². The van der Waals surface area contributed by atoms with E-state index >= 15 is 0 Å². The number of rotatable bonds is 6. The molecule has 1 unspecified atom stereocenters. The molecule has 0 radical (unpaired) electrons. The van der Waals surface area contributed by atoms with Crippen molar-refractivity contribution in [2.75, 3.05) is 19.6 Å². The van der Waals surface area contributed by atoms with Crippen LogP contribution in [0.4, 0.5) is 0 Å². The standard InChI is InChI=1S/C17H20N4O2.2ClH/c22-17(21-7-5-13-4-6-18-11-13)14-2-1-3-15(10-14)23-16-12-19-8-9-20-16;;/h1-3,8-10,12-13,18H,4-7,11H2,(H,21,22);2*1H. The van der Waals surface area contributed by atoms with Gasteiger partial charge in [0.25, 0.3) is 5.91 Å². The summed E-state index contributed by atoms with van der Waals surface area (Å²) in [6.07, 6.45) is 6.87. The van der Waals surface area contributed by atoms with E-state index in [0.717, 1.165) is 19.5 Å². The Kier molecular flexibility index (Phi) is 9.20. The molecule has 2 heterocycles. The van der Waals surface area contributed by atoms with Gasteiger partial charge in [0, 0.05) is 24.5 Å². The van der Waals surface area contributed by atoms with Crippen LogP contribution in [0.3, 0.4) is 0 Å². The van der Waals surface area contributed by atoms with E-state index in [1.165, 1.54) is 12.6 Å². The molecule has 8 heteroatoms. The lowest BCUT2D eigenvalue weighted by Gasteiger charge is -2.10. The van der Waals surface area contributed by atoms with Gasteiger partial charge in [-0.05, 0) is 50.0 Å². The highest BCUT2D eigenvalue weighted by Gasteiger charge is 2.14. The molecule has 1 aromatic heterocycles. The summed E-state index contributed by atoms with van der Waals surface area (Å²) in [4.78, 5) is 20.2. The predicted molar refractivity (Wildman–Crippen MR) is 101 cm³/mol. The third-order valence-electron chi connectivity index (χ3n) is 3.86. The third-order valence-corrected chi connectivity index (χ3v) is 3.86. The van der Waals surface area contributed by atoms with Crippen LogP contribution >= 0.6 is 24.8 Å². The fourth-order valence-corrected chi connectivity index (χ4v) is 2.61. The maximum Gasteiger partial charge on any atom is 0.251 e. The SMILES string of the molecule is Cl.Cl.O=C(NCCC1CCNC1)c1cccc(Oc2cnccn2)c1. The highest BCUT2D eigenvalue weighted by atomic mass is 35.5. The zero-order valence-corrected chi connectivity index (χ0v) is 15.3. The molecular weight excluding hydrogens is 363 g/mol. The van der Waals surface area contributed by atoms with Crippen molar-refractivity contribution in [1.29, 1.82) is 0 Å². The summed E-state index contributed by atoms with van der Waals surface area (Å²) < 4.78 is 5.59. The topological polar surface area (TPSA) is 76.1 Å². The van der Waals surface area contributed by atoms with E-state index in [9.17, 15) is 4.79 Å². The summed E-state index contributed by atoms with van der Waals surface area (Å²) in [5, 5.41) is 6.30. The van der Waals surface area contributed by atoms with Crippen molar-refractivity contribution in [2.24, 2.45) is 5.92 Å². The lowest BCUT2D eigenvalue weighted by atomic mass is 10.1. The van der Waals surface area contributed by atoms with E-state index in [-0.39, 0.29) is 30.7 Å². The normalized spacial score (nSPS) is 15.6. The average molecular weight is 385 g/mol. The Hall–Kier alpha value is -1.89. The van der Waals surface area contributed by atoms with Crippen molar-refractivity contribution in [3.05, 3.63) is 48.4 Å². The number of aromatic nitrogens is 2. The minimum absolute atomic E-state index is 0. The van der Waals surface area contributed by atoms with Crippen molar-refractivity contribution in [2.45, 2.75) is 12.8 Å². The maximum absolute atomic E-state index is 12.2. The largest absolute Gasteiger partial charge is 0.437 e. The van der Waals surface area contributed by atoms with Crippen LogP contribution in [0.5, 0.6) is 11.6 Å². The zero-order chi connectivity index (χ0) is 15.9. The van der Waals surface area contributed by atoms with Crippen LogP contribution in [0.1, 0.15) is 23.2 Å². The van der Waals surface area contributed by atoms with Gasteiger partial charge in [-0.15, -0.1) is 24.8 Å². The third kappa shape index (κ3) is 6.49. The first kappa shape index (κ1) is 21.2. The molecule has 0 spiro atoms. The zero-order valence-electron chi connectivity index (χ0n) is 13.7. The number of amides is 1. The van der Waals surface area contributed by atoms with Crippen molar-refractivity contribution in [3.63, 3.8) is 0 Å². The Labute approximate surface area is 159 Å². The van der Waals surface area contributed by atoms with E-state index in [1.54, 1.807) is 36.7 Å². The van der Waals surface area contributed by atoms with Gasteiger partial charge < -0.3 is 15.4 Å². The molecule has 1 aliphatic rings. The van der Waals surface area contributed by atoms with Crippen LogP contribution in [-0.2, 0) is 0 Å². The maximum atomic E-state index is 12.2. The Morgan fingerprint density at radius 3 is 2.92 bits per heavy atom. The molecule has 25 heavy (non-hydrogen) atoms. The molecule has 1 amide bonds. The van der Waals surface area contributed by atoms with Crippen LogP contribution in [0.25, 0.3) is 0 Å². The molecule has 0 aliphatic carbocycles. The fraction of sp³-hybridized carbons (Fsp3) is 0.353. The van der Waals surface area contributed by atoms with Crippen LogP contribution < -0.4 is 15.4 Å². The van der Waals surface area contributed by atoms with Crippen LogP contribution in [0.2, 0.25) is 0 Å². The van der Waals surface area contributed by atoms with Gasteiger partial charge in [-0.25, -0.2) is 4.98 Å². The van der Waals surface area contributed by atoms with E-state index < -0.39 is 0 Å². The number of hydrogen-bond acceptors (Lipinski definition) is 5. The van der Waals surface area contributed by atoms with Gasteiger partial charge in [0.05, 0.1) is 6.20 Å². The highest BCUT2D eigenvalue weighted by molar-refractivity contribution is 5.94. The molecule has 1 atom stereocenters. The molecule has 2 aromatic rings. The number of halogens is 2. The molecule has 6 nitrogen and oxygen atoms in total. The molecule has 2 N–H and O–H groups in total. The van der Waals surface area contributed by atoms with E-state index in [4.69, 9.17) is 4.74 Å². The Bertz CT molecular complexity index is 652. The predicted octanol–water partition coefficient (Wildman–Crippen LogP) is 2.84. The minimum atomic E-state index is -0.0828. The molecule has 3 rings (SSSR count). The number of carbonyl (C=O) groups is 1. The Balaban J connectivity index is 0.00000156. The second-order valence-corrected chi connectivity index (χ2v) is 5.58. The van der Waals surface area contributed by atoms with Crippen LogP contribution in [0, 0.1) is 5.92 Å². The van der Waals surface area contributed by atoms with Crippen molar-refractivity contribution >= 4 is 30.7 Å². The smallest absolute Gasteiger partial charge is 0.251 e. The van der Waals surface area contributed by atoms with E-state index in [1.807, 2.05) is 0 Å². The number of nitrogens with one attached hydrogen (secondary N) is 2. The van der Waals surface area contributed by atoms with Crippen LogP contribution in [-0.4, -0.2) is 35.5 Å². The summed E-state index contributed by atoms with van der Waals surface area (Å²) in [6, 6.07) is 7.06. The Morgan fingerprint density at radius 1 is 1.32 bits per heavy atom. The number of carbonyl (C=O) groups excluding carboxylic acids is 1. The summed E-state index contributed by atoms with van der Waals surface area (Å²) in [7, 11) is 0. The van der Waals surface area contributed by atoms with E-state index in [2.05, 4.69) is 20.6 Å². The van der Waals surface area contributed by atoms with Gasteiger partial charge in [-0.1, -0.05) is 6.07 Å². The second kappa shape index (κ2) is 10.9. The summed E-state index contributed by atoms with van der Waals surface area (Å²) >= 11 is 0. The molecule has 1 aliphatic heterocycles. The minimum Gasteiger partial charge on any atom is -0.437 e. The number of nitrogens with zero attached hydrogens (tertiary/aromatic N) is 2. The van der Waals surface area contributed by atoms with Gasteiger partial charge in [-0.3, -0.25) is 9.78 Å². The van der Waals surface area contributed by atoms with Crippen LogP contribution in [0.15, 0.2) is 42.9 Å². The van der Waals surface area contributed by atoms with Crippen molar-refractivity contribution in [3.8, 4) is 11.6 Å². The van der Waals surface area contributed by atoms with Crippen molar-refractivity contribution < 1.29 is 9.53 Å². The molecular formula is C17H22Cl2N4O2. The first-order valence-electron chi connectivity index (χ1n) is 7.84. The summed E-state index contributed by atoms with van der Waals surface area (Å²) in [6.45, 7) is 2.83. The molecule has 1 fully saturated rings. The highest BCUT2D eigenvalue weighted by Crippen LogP contribution is 2.19. The van der Waals surface area contributed by atoms with Gasteiger partial charge in [-0.2, -0.15) is 0 Å². The molecule has 0 saturated carbocycles. The van der Waals surface area contributed by atoms with Gasteiger partial charge in [0.1, 0.15) is 5.75 Å². The number of benzene rings is 1. The second-order valence-electron chi connectivity index (χ2n) is 5.58. The lowest BCUT2D eigenvalue weighted by Crippen LogP contribution is -2.26. The summed E-state index contributed by atoms with van der Waals surface area (Å²) in [5.74, 6) is 1.55. The molecule has 0 bridgehead atoms. The van der Waals surface area contributed by atoms with Crippen molar-refractivity contribution in [1.82, 2.24) is 20.6 Å². The number of hydrogen-bond donors (Lipinski definition) is 2. The monoisotopic (exact) mass is 384 g/mol. The van der Waals surface area contributed by atoms with E-state index in [0.29, 0.717) is 29.7 Å².